The van der Waals surface area contributed by atoms with Crippen LogP contribution in [0.2, 0.25) is 0 Å². The Balaban J connectivity index is 1.97. The number of unbranched alkanes of at least 4 members (excludes halogenated alkanes) is 2. The second-order valence-electron chi connectivity index (χ2n) is 5.14. The van der Waals surface area contributed by atoms with Gasteiger partial charge in [-0.2, -0.15) is 0 Å². The molecule has 3 rings (SSSR count). The van der Waals surface area contributed by atoms with Crippen LogP contribution in [0, 0.1) is 0 Å². The first-order valence-electron chi connectivity index (χ1n) is 7.20. The van der Waals surface area contributed by atoms with Crippen molar-refractivity contribution in [1.29, 1.82) is 0 Å². The molecule has 20 heavy (non-hydrogen) atoms. The average molecular weight is 270 g/mol. The molecule has 0 saturated carbocycles. The smallest absolute Gasteiger partial charge is 0.347 e. The molecular formula is C17H18O3. The maximum Gasteiger partial charge on any atom is 0.347 e. The van der Waals surface area contributed by atoms with Gasteiger partial charge in [0, 0.05) is 0 Å². The molecular weight excluding hydrogens is 252 g/mol. The highest BCUT2D eigenvalue weighted by atomic mass is 16.5. The van der Waals surface area contributed by atoms with E-state index in [4.69, 9.17) is 9.15 Å². The van der Waals surface area contributed by atoms with Crippen LogP contribution in [0.5, 0.6) is 5.75 Å². The fourth-order valence-corrected chi connectivity index (χ4v) is 2.55. The zero-order chi connectivity index (χ0) is 13.9. The third-order valence-corrected chi connectivity index (χ3v) is 3.64. The Bertz CT molecular complexity index is 697. The molecule has 0 amide bonds. The van der Waals surface area contributed by atoms with Gasteiger partial charge in [-0.05, 0) is 37.1 Å². The topological polar surface area (TPSA) is 39.4 Å². The third-order valence-electron chi connectivity index (χ3n) is 3.64. The van der Waals surface area contributed by atoms with Crippen molar-refractivity contribution in [3.8, 4) is 5.75 Å². The summed E-state index contributed by atoms with van der Waals surface area (Å²) in [6.45, 7) is 2.19. The lowest BCUT2D eigenvalue weighted by molar-refractivity contribution is 0.231. The molecule has 0 radical (unpaired) electrons. The summed E-state index contributed by atoms with van der Waals surface area (Å²) in [7, 11) is 0. The van der Waals surface area contributed by atoms with Crippen LogP contribution >= 0.6 is 0 Å². The van der Waals surface area contributed by atoms with Gasteiger partial charge in [0.1, 0.15) is 23.0 Å². The molecule has 1 aliphatic rings. The largest absolute Gasteiger partial charge is 0.485 e. The van der Waals surface area contributed by atoms with Crippen LogP contribution in [0.25, 0.3) is 17.0 Å². The average Bonchev–Trinajstić information content (AvgIpc) is 2.48. The molecule has 3 heteroatoms. The molecule has 104 valence electrons. The number of para-hydroxylation sites is 1. The second-order valence-corrected chi connectivity index (χ2v) is 5.14. The standard InChI is InChI=1S/C17H18O3/c1-2-3-4-7-12-10-11-14-16(19-12)13-8-5-6-9-15(13)20-17(14)18/h5-6,8-12H,2-4,7H2,1H3. The molecule has 0 saturated heterocycles. The lowest BCUT2D eigenvalue weighted by Gasteiger charge is -2.21. The van der Waals surface area contributed by atoms with Crippen LogP contribution in [-0.2, 0) is 0 Å². The Morgan fingerprint density at radius 2 is 2.05 bits per heavy atom. The van der Waals surface area contributed by atoms with Crippen molar-refractivity contribution in [1.82, 2.24) is 0 Å². The molecule has 0 bridgehead atoms. The molecule has 0 N–H and O–H groups in total. The zero-order valence-corrected chi connectivity index (χ0v) is 11.6. The van der Waals surface area contributed by atoms with E-state index in [-0.39, 0.29) is 11.7 Å². The van der Waals surface area contributed by atoms with E-state index < -0.39 is 0 Å². The SMILES string of the molecule is CCCCCC1C=Cc2c(c3ccccc3oc2=O)O1. The predicted octanol–water partition coefficient (Wildman–Crippen LogP) is 4.15. The van der Waals surface area contributed by atoms with Crippen molar-refractivity contribution in [2.75, 3.05) is 0 Å². The maximum absolute atomic E-state index is 11.9. The van der Waals surface area contributed by atoms with Crippen LogP contribution in [-0.4, -0.2) is 6.10 Å². The van der Waals surface area contributed by atoms with Crippen LogP contribution < -0.4 is 10.4 Å². The van der Waals surface area contributed by atoms with Crippen LogP contribution in [0.15, 0.2) is 39.6 Å². The molecule has 1 aliphatic heterocycles. The number of ether oxygens (including phenoxy) is 1. The monoisotopic (exact) mass is 270 g/mol. The van der Waals surface area contributed by atoms with Gasteiger partial charge in [0.25, 0.3) is 0 Å². The molecule has 1 unspecified atom stereocenters. The van der Waals surface area contributed by atoms with Gasteiger partial charge in [-0.25, -0.2) is 4.79 Å². The first kappa shape index (κ1) is 13.0. The van der Waals surface area contributed by atoms with Crippen molar-refractivity contribution in [3.63, 3.8) is 0 Å². The Morgan fingerprint density at radius 1 is 1.20 bits per heavy atom. The second kappa shape index (κ2) is 5.53. The van der Waals surface area contributed by atoms with Gasteiger partial charge in [-0.15, -0.1) is 0 Å². The number of fused-ring (bicyclic) bond motifs is 3. The molecule has 0 fully saturated rings. The van der Waals surface area contributed by atoms with E-state index in [1.807, 2.05) is 30.4 Å². The molecule has 2 aromatic rings. The predicted molar refractivity (Wildman–Crippen MR) is 80.1 cm³/mol. The Hall–Kier alpha value is -2.03. The fourth-order valence-electron chi connectivity index (χ4n) is 2.55. The van der Waals surface area contributed by atoms with Crippen molar-refractivity contribution in [2.24, 2.45) is 0 Å². The highest BCUT2D eigenvalue weighted by Crippen LogP contribution is 2.32. The molecule has 0 aliphatic carbocycles. The number of rotatable bonds is 4. The third kappa shape index (κ3) is 2.36. The summed E-state index contributed by atoms with van der Waals surface area (Å²) in [5.74, 6) is 0.667. The van der Waals surface area contributed by atoms with Crippen molar-refractivity contribution in [2.45, 2.75) is 38.7 Å². The van der Waals surface area contributed by atoms with E-state index in [1.54, 1.807) is 6.07 Å². The van der Waals surface area contributed by atoms with Gasteiger partial charge in [0.2, 0.25) is 0 Å². The minimum absolute atomic E-state index is 0.0549. The van der Waals surface area contributed by atoms with E-state index in [1.165, 1.54) is 12.8 Å². The fraction of sp³-hybridized carbons (Fsp3) is 0.353. The molecule has 1 aromatic carbocycles. The molecule has 2 heterocycles. The minimum atomic E-state index is -0.332. The summed E-state index contributed by atoms with van der Waals surface area (Å²) >= 11 is 0. The molecule has 3 nitrogen and oxygen atoms in total. The van der Waals surface area contributed by atoms with Crippen molar-refractivity contribution in [3.05, 3.63) is 46.3 Å². The summed E-state index contributed by atoms with van der Waals surface area (Å²) < 4.78 is 11.3. The van der Waals surface area contributed by atoms with Gasteiger partial charge in [-0.3, -0.25) is 0 Å². The maximum atomic E-state index is 11.9. The van der Waals surface area contributed by atoms with E-state index in [0.717, 1.165) is 18.2 Å². The van der Waals surface area contributed by atoms with Gasteiger partial charge in [0.05, 0.1) is 5.39 Å². The number of hydrogen-bond donors (Lipinski definition) is 0. The quantitative estimate of drug-likeness (QED) is 0.619. The first-order chi connectivity index (χ1) is 9.79. The van der Waals surface area contributed by atoms with Crippen LogP contribution in [0.3, 0.4) is 0 Å². The minimum Gasteiger partial charge on any atom is -0.485 e. The van der Waals surface area contributed by atoms with E-state index >= 15 is 0 Å². The van der Waals surface area contributed by atoms with E-state index in [2.05, 4.69) is 6.92 Å². The molecule has 0 spiro atoms. The van der Waals surface area contributed by atoms with Crippen molar-refractivity contribution < 1.29 is 9.15 Å². The van der Waals surface area contributed by atoms with Gasteiger partial charge >= 0.3 is 5.63 Å². The first-order valence-corrected chi connectivity index (χ1v) is 7.20. The Labute approximate surface area is 117 Å². The lowest BCUT2D eigenvalue weighted by atomic mass is 10.0. The van der Waals surface area contributed by atoms with Gasteiger partial charge in [-0.1, -0.05) is 31.9 Å². The summed E-state index contributed by atoms with van der Waals surface area (Å²) in [4.78, 5) is 11.9. The van der Waals surface area contributed by atoms with E-state index in [0.29, 0.717) is 16.9 Å². The highest BCUT2D eigenvalue weighted by Gasteiger charge is 2.20. The normalized spacial score (nSPS) is 16.9. The molecule has 1 atom stereocenters. The number of hydrogen-bond acceptors (Lipinski definition) is 3. The zero-order valence-electron chi connectivity index (χ0n) is 11.6. The Kier molecular flexibility index (Phi) is 3.59. The van der Waals surface area contributed by atoms with E-state index in [9.17, 15) is 4.79 Å². The summed E-state index contributed by atoms with van der Waals surface area (Å²) in [5.41, 5.74) is 0.774. The summed E-state index contributed by atoms with van der Waals surface area (Å²) in [6, 6.07) is 7.51. The highest BCUT2D eigenvalue weighted by molar-refractivity contribution is 5.87. The van der Waals surface area contributed by atoms with Crippen LogP contribution in [0.4, 0.5) is 0 Å². The van der Waals surface area contributed by atoms with Crippen LogP contribution in [0.1, 0.15) is 38.2 Å². The summed E-state index contributed by atoms with van der Waals surface area (Å²) in [5, 5.41) is 0.868. The van der Waals surface area contributed by atoms with Crippen molar-refractivity contribution >= 4 is 17.0 Å². The lowest BCUT2D eigenvalue weighted by Crippen LogP contribution is -2.20. The van der Waals surface area contributed by atoms with Gasteiger partial charge in [0.15, 0.2) is 0 Å². The number of benzene rings is 1. The summed E-state index contributed by atoms with van der Waals surface area (Å²) in [6.07, 6.45) is 8.38. The van der Waals surface area contributed by atoms with Gasteiger partial charge < -0.3 is 9.15 Å². The Morgan fingerprint density at radius 3 is 2.90 bits per heavy atom. The molecule has 1 aromatic heterocycles.